The number of fused-ring (bicyclic) bond motifs is 2. The lowest BCUT2D eigenvalue weighted by Gasteiger charge is -2.12. The highest BCUT2D eigenvalue weighted by molar-refractivity contribution is 6.23. The number of nitrogens with two attached hydrogens (primary N) is 1. The van der Waals surface area contributed by atoms with Crippen molar-refractivity contribution in [1.82, 2.24) is 19.7 Å². The molecule has 2 amide bonds. The number of nitrogen functional groups attached to an aromatic ring is 1. The van der Waals surface area contributed by atoms with Crippen molar-refractivity contribution in [2.45, 2.75) is 6.54 Å². The highest BCUT2D eigenvalue weighted by Crippen LogP contribution is 2.25. The van der Waals surface area contributed by atoms with Gasteiger partial charge in [0.05, 0.1) is 35.1 Å². The van der Waals surface area contributed by atoms with Crippen LogP contribution in [0.5, 0.6) is 0 Å². The van der Waals surface area contributed by atoms with Crippen molar-refractivity contribution in [3.05, 3.63) is 87.6 Å². The third kappa shape index (κ3) is 2.67. The predicted octanol–water partition coefficient (Wildman–Crippen LogP) is 1.84. The topological polar surface area (TPSA) is 112 Å². The Labute approximate surface area is 168 Å². The molecule has 3 N–H and O–H groups in total. The minimum atomic E-state index is -0.639. The summed E-state index contributed by atoms with van der Waals surface area (Å²) in [5.41, 5.74) is 7.50. The summed E-state index contributed by atoms with van der Waals surface area (Å²) in [5.74, 6) is -1.70. The Kier molecular flexibility index (Phi) is 3.78. The Bertz CT molecular complexity index is 1440. The fraction of sp³-hybridized carbons (Fsp3) is 0.0476. The largest absolute Gasteiger partial charge is 0.384 e. The second kappa shape index (κ2) is 6.38. The summed E-state index contributed by atoms with van der Waals surface area (Å²) in [7, 11) is 0. The molecular formula is C21H14FN5O3. The second-order valence-electron chi connectivity index (χ2n) is 6.95. The molecule has 0 radical (unpaired) electrons. The zero-order chi connectivity index (χ0) is 21.0. The summed E-state index contributed by atoms with van der Waals surface area (Å²) < 4.78 is 16.3. The van der Waals surface area contributed by atoms with Crippen LogP contribution in [0.3, 0.4) is 0 Å². The smallest absolute Gasteiger partial charge is 0.262 e. The number of aromatic nitrogens is 3. The fourth-order valence-electron chi connectivity index (χ4n) is 3.69. The summed E-state index contributed by atoms with van der Waals surface area (Å²) >= 11 is 0. The van der Waals surface area contributed by atoms with Crippen molar-refractivity contribution >= 4 is 28.5 Å². The molecule has 2 aromatic carbocycles. The molecule has 4 aromatic rings. The highest BCUT2D eigenvalue weighted by Gasteiger charge is 2.31. The first-order valence-corrected chi connectivity index (χ1v) is 9.04. The van der Waals surface area contributed by atoms with Crippen molar-refractivity contribution in [2.24, 2.45) is 0 Å². The number of anilines is 1. The van der Waals surface area contributed by atoms with Gasteiger partial charge in [-0.15, -0.1) is 0 Å². The Balaban J connectivity index is 1.59. The number of rotatable bonds is 3. The van der Waals surface area contributed by atoms with E-state index >= 15 is 0 Å². The molecule has 3 heterocycles. The van der Waals surface area contributed by atoms with Crippen molar-refractivity contribution in [2.75, 3.05) is 5.73 Å². The minimum Gasteiger partial charge on any atom is -0.384 e. The lowest BCUT2D eigenvalue weighted by Crippen LogP contribution is -2.24. The average Bonchev–Trinajstić information content (AvgIpc) is 3.22. The van der Waals surface area contributed by atoms with Gasteiger partial charge in [0.2, 0.25) is 0 Å². The number of benzene rings is 2. The van der Waals surface area contributed by atoms with Gasteiger partial charge < -0.3 is 5.73 Å². The van der Waals surface area contributed by atoms with Crippen LogP contribution in [0.15, 0.2) is 59.5 Å². The van der Waals surface area contributed by atoms with Crippen LogP contribution in [-0.4, -0.2) is 26.2 Å². The van der Waals surface area contributed by atoms with Gasteiger partial charge >= 0.3 is 0 Å². The number of nitrogens with zero attached hydrogens (tertiary/aromatic N) is 3. The monoisotopic (exact) mass is 403 g/mol. The van der Waals surface area contributed by atoms with Gasteiger partial charge in [-0.2, -0.15) is 5.10 Å². The number of halogens is 1. The van der Waals surface area contributed by atoms with E-state index in [9.17, 15) is 18.8 Å². The van der Waals surface area contributed by atoms with Gasteiger partial charge in [-0.05, 0) is 35.9 Å². The van der Waals surface area contributed by atoms with E-state index < -0.39 is 17.4 Å². The van der Waals surface area contributed by atoms with Crippen LogP contribution < -0.4 is 16.6 Å². The second-order valence-corrected chi connectivity index (χ2v) is 6.95. The minimum absolute atomic E-state index is 0.0125. The van der Waals surface area contributed by atoms with Crippen LogP contribution in [0.2, 0.25) is 0 Å². The molecule has 0 bridgehead atoms. The molecule has 0 aliphatic carbocycles. The third-order valence-corrected chi connectivity index (χ3v) is 5.06. The standard InChI is InChI=1S/C21H14FN5O3/c22-13-3-1-2-11(6-13)10-26-16-5-4-14(7-12(16)9-24-26)27-17(28)8-15-18(19(27)23)21(30)25-20(15)29/h1-9H,10,23H2,(H,25,29,30). The maximum Gasteiger partial charge on any atom is 0.262 e. The van der Waals surface area contributed by atoms with E-state index in [0.717, 1.165) is 22.5 Å². The molecule has 0 spiro atoms. The molecule has 30 heavy (non-hydrogen) atoms. The van der Waals surface area contributed by atoms with Crippen LogP contribution in [0.1, 0.15) is 26.3 Å². The van der Waals surface area contributed by atoms with Crippen molar-refractivity contribution in [1.29, 1.82) is 0 Å². The lowest BCUT2D eigenvalue weighted by atomic mass is 10.1. The van der Waals surface area contributed by atoms with Crippen molar-refractivity contribution in [3.8, 4) is 5.69 Å². The summed E-state index contributed by atoms with van der Waals surface area (Å²) in [5, 5.41) is 7.22. The van der Waals surface area contributed by atoms with Crippen LogP contribution in [0.4, 0.5) is 10.2 Å². The Morgan fingerprint density at radius 1 is 1.03 bits per heavy atom. The summed E-state index contributed by atoms with van der Waals surface area (Å²) in [4.78, 5) is 36.4. The van der Waals surface area contributed by atoms with Gasteiger partial charge in [-0.3, -0.25) is 28.9 Å². The number of carbonyl (C=O) groups excluding carboxylic acids is 2. The first-order valence-electron chi connectivity index (χ1n) is 9.04. The molecular weight excluding hydrogens is 389 g/mol. The zero-order valence-corrected chi connectivity index (χ0v) is 15.4. The Morgan fingerprint density at radius 2 is 1.87 bits per heavy atom. The highest BCUT2D eigenvalue weighted by atomic mass is 19.1. The van der Waals surface area contributed by atoms with E-state index in [2.05, 4.69) is 10.4 Å². The lowest BCUT2D eigenvalue weighted by molar-refractivity contribution is 0.0880. The van der Waals surface area contributed by atoms with Gasteiger partial charge in [-0.25, -0.2) is 4.39 Å². The Hall–Kier alpha value is -4.27. The first kappa shape index (κ1) is 17.8. The van der Waals surface area contributed by atoms with Crippen LogP contribution >= 0.6 is 0 Å². The SMILES string of the molecule is Nc1c2c(cc(=O)n1-c1ccc3c(cnn3Cc3cccc(F)c3)c1)C(=O)NC2=O. The van der Waals surface area contributed by atoms with Crippen LogP contribution in [0.25, 0.3) is 16.6 Å². The molecule has 5 rings (SSSR count). The zero-order valence-electron chi connectivity index (χ0n) is 15.4. The van der Waals surface area contributed by atoms with Gasteiger partial charge in [-0.1, -0.05) is 12.1 Å². The maximum absolute atomic E-state index is 13.4. The van der Waals surface area contributed by atoms with Crippen molar-refractivity contribution < 1.29 is 14.0 Å². The molecule has 0 atom stereocenters. The molecule has 0 unspecified atom stereocenters. The average molecular weight is 403 g/mol. The molecule has 0 fully saturated rings. The van der Waals surface area contributed by atoms with E-state index in [1.54, 1.807) is 35.1 Å². The third-order valence-electron chi connectivity index (χ3n) is 5.06. The number of pyridine rings is 1. The molecule has 8 nitrogen and oxygen atoms in total. The van der Waals surface area contributed by atoms with Crippen molar-refractivity contribution in [3.63, 3.8) is 0 Å². The van der Waals surface area contributed by atoms with E-state index in [0.29, 0.717) is 12.2 Å². The van der Waals surface area contributed by atoms with E-state index in [-0.39, 0.29) is 22.8 Å². The number of nitrogens with one attached hydrogen (secondary N) is 1. The summed E-state index contributed by atoms with van der Waals surface area (Å²) in [6, 6.07) is 12.5. The number of hydrogen-bond acceptors (Lipinski definition) is 5. The predicted molar refractivity (Wildman–Crippen MR) is 107 cm³/mol. The first-order chi connectivity index (χ1) is 14.4. The maximum atomic E-state index is 13.4. The molecule has 0 saturated heterocycles. The fourth-order valence-corrected chi connectivity index (χ4v) is 3.69. The molecule has 2 aromatic heterocycles. The normalized spacial score (nSPS) is 13.0. The van der Waals surface area contributed by atoms with E-state index in [1.165, 1.54) is 16.7 Å². The van der Waals surface area contributed by atoms with Crippen LogP contribution in [0, 0.1) is 5.82 Å². The van der Waals surface area contributed by atoms with Gasteiger partial charge in [0.15, 0.2) is 0 Å². The van der Waals surface area contributed by atoms with E-state index in [4.69, 9.17) is 5.73 Å². The number of imide groups is 1. The van der Waals surface area contributed by atoms with Gasteiger partial charge in [0.1, 0.15) is 11.6 Å². The summed E-state index contributed by atoms with van der Waals surface area (Å²) in [6.07, 6.45) is 1.63. The molecule has 1 aliphatic heterocycles. The van der Waals surface area contributed by atoms with E-state index in [1.807, 2.05) is 6.07 Å². The quantitative estimate of drug-likeness (QED) is 0.507. The summed E-state index contributed by atoms with van der Waals surface area (Å²) in [6.45, 7) is 0.379. The molecule has 1 aliphatic rings. The number of hydrogen-bond donors (Lipinski definition) is 2. The number of amides is 2. The Morgan fingerprint density at radius 3 is 2.67 bits per heavy atom. The van der Waals surface area contributed by atoms with Crippen LogP contribution in [-0.2, 0) is 6.54 Å². The number of carbonyl (C=O) groups is 2. The molecule has 148 valence electrons. The molecule has 0 saturated carbocycles. The molecule has 9 heteroatoms. The van der Waals surface area contributed by atoms with Gasteiger partial charge in [0.25, 0.3) is 17.4 Å². The van der Waals surface area contributed by atoms with Gasteiger partial charge in [0, 0.05) is 11.5 Å².